The van der Waals surface area contributed by atoms with E-state index in [1.807, 2.05) is 6.07 Å². The molecule has 2 aromatic rings. The molecule has 0 spiro atoms. The van der Waals surface area contributed by atoms with Gasteiger partial charge in [0.1, 0.15) is 5.82 Å². The molecule has 0 saturated carbocycles. The standard InChI is InChI=1S/C16H19FN2S/c1-11-6-7-12(2)15(8-11)16(19-18)10-20-14-5-3-4-13(17)9-14/h3-9,16,19H,10,18H2,1-2H3. The van der Waals surface area contributed by atoms with Gasteiger partial charge in [0.05, 0.1) is 6.04 Å². The van der Waals surface area contributed by atoms with Crippen molar-refractivity contribution >= 4 is 11.8 Å². The molecule has 2 nitrogen and oxygen atoms in total. The van der Waals surface area contributed by atoms with Gasteiger partial charge in [-0.25, -0.2) is 4.39 Å². The molecule has 0 radical (unpaired) electrons. The average Bonchev–Trinajstić information content (AvgIpc) is 2.43. The number of hydrogen-bond donors (Lipinski definition) is 2. The Labute approximate surface area is 123 Å². The zero-order valence-corrected chi connectivity index (χ0v) is 12.5. The predicted octanol–water partition coefficient (Wildman–Crippen LogP) is 3.74. The van der Waals surface area contributed by atoms with Crippen molar-refractivity contribution in [1.29, 1.82) is 0 Å². The Bertz CT molecular complexity index is 586. The zero-order chi connectivity index (χ0) is 14.5. The van der Waals surface area contributed by atoms with Crippen molar-refractivity contribution in [2.45, 2.75) is 24.8 Å². The van der Waals surface area contributed by atoms with Crippen molar-refractivity contribution in [2.24, 2.45) is 5.84 Å². The van der Waals surface area contributed by atoms with E-state index >= 15 is 0 Å². The summed E-state index contributed by atoms with van der Waals surface area (Å²) in [6.07, 6.45) is 0. The van der Waals surface area contributed by atoms with Crippen LogP contribution >= 0.6 is 11.8 Å². The molecule has 0 aliphatic heterocycles. The van der Waals surface area contributed by atoms with Gasteiger partial charge in [-0.15, -0.1) is 11.8 Å². The molecule has 0 saturated heterocycles. The molecular formula is C16H19FN2S. The molecular weight excluding hydrogens is 271 g/mol. The number of nitrogens with one attached hydrogen (secondary N) is 1. The molecule has 0 heterocycles. The molecule has 2 rings (SSSR count). The van der Waals surface area contributed by atoms with E-state index < -0.39 is 0 Å². The van der Waals surface area contributed by atoms with Crippen molar-refractivity contribution in [3.8, 4) is 0 Å². The number of aryl methyl sites for hydroxylation is 2. The van der Waals surface area contributed by atoms with Crippen LogP contribution in [-0.2, 0) is 0 Å². The molecule has 1 atom stereocenters. The minimum absolute atomic E-state index is 0.0446. The average molecular weight is 290 g/mol. The fourth-order valence-corrected chi connectivity index (χ4v) is 3.10. The molecule has 2 aromatic carbocycles. The Balaban J connectivity index is 2.11. The Hall–Kier alpha value is -1.36. The lowest BCUT2D eigenvalue weighted by atomic mass is 10.0. The van der Waals surface area contributed by atoms with E-state index in [0.29, 0.717) is 0 Å². The number of thioether (sulfide) groups is 1. The van der Waals surface area contributed by atoms with Gasteiger partial charge in [-0.2, -0.15) is 0 Å². The highest BCUT2D eigenvalue weighted by Crippen LogP contribution is 2.27. The van der Waals surface area contributed by atoms with Crippen LogP contribution in [0.2, 0.25) is 0 Å². The van der Waals surface area contributed by atoms with Crippen LogP contribution in [0.5, 0.6) is 0 Å². The molecule has 4 heteroatoms. The minimum atomic E-state index is -0.209. The van der Waals surface area contributed by atoms with Crippen LogP contribution in [0.15, 0.2) is 47.4 Å². The molecule has 0 fully saturated rings. The molecule has 20 heavy (non-hydrogen) atoms. The monoisotopic (exact) mass is 290 g/mol. The fourth-order valence-electron chi connectivity index (χ4n) is 2.10. The molecule has 106 valence electrons. The molecule has 0 aliphatic rings. The lowest BCUT2D eigenvalue weighted by Crippen LogP contribution is -2.30. The predicted molar refractivity (Wildman–Crippen MR) is 83.1 cm³/mol. The summed E-state index contributed by atoms with van der Waals surface area (Å²) in [5.74, 6) is 6.23. The smallest absolute Gasteiger partial charge is 0.124 e. The van der Waals surface area contributed by atoms with E-state index in [2.05, 4.69) is 37.5 Å². The maximum atomic E-state index is 13.2. The maximum absolute atomic E-state index is 13.2. The second-order valence-electron chi connectivity index (χ2n) is 4.85. The topological polar surface area (TPSA) is 38.0 Å². The SMILES string of the molecule is Cc1ccc(C)c(C(CSc2cccc(F)c2)NN)c1. The summed E-state index contributed by atoms with van der Waals surface area (Å²) < 4.78 is 13.2. The Morgan fingerprint density at radius 1 is 1.20 bits per heavy atom. The summed E-state index contributed by atoms with van der Waals surface area (Å²) in [5.41, 5.74) is 6.46. The van der Waals surface area contributed by atoms with Crippen molar-refractivity contribution in [1.82, 2.24) is 5.43 Å². The third-order valence-corrected chi connectivity index (χ3v) is 4.31. The van der Waals surface area contributed by atoms with Crippen LogP contribution in [0.1, 0.15) is 22.7 Å². The number of rotatable bonds is 5. The first-order chi connectivity index (χ1) is 9.60. The highest BCUT2D eigenvalue weighted by atomic mass is 32.2. The molecule has 1 unspecified atom stereocenters. The van der Waals surface area contributed by atoms with Crippen LogP contribution < -0.4 is 11.3 Å². The van der Waals surface area contributed by atoms with E-state index in [-0.39, 0.29) is 11.9 Å². The lowest BCUT2D eigenvalue weighted by molar-refractivity contribution is 0.606. The Kier molecular flexibility index (Phi) is 5.17. The van der Waals surface area contributed by atoms with Crippen molar-refractivity contribution < 1.29 is 4.39 Å². The van der Waals surface area contributed by atoms with E-state index in [0.717, 1.165) is 10.6 Å². The summed E-state index contributed by atoms with van der Waals surface area (Å²) in [6, 6.07) is 13.0. The second-order valence-corrected chi connectivity index (χ2v) is 5.94. The van der Waals surface area contributed by atoms with E-state index in [1.165, 1.54) is 22.8 Å². The van der Waals surface area contributed by atoms with Gasteiger partial charge < -0.3 is 0 Å². The molecule has 0 aliphatic carbocycles. The molecule has 0 amide bonds. The van der Waals surface area contributed by atoms with Crippen molar-refractivity contribution in [2.75, 3.05) is 5.75 Å². The van der Waals surface area contributed by atoms with Gasteiger partial charge in [-0.1, -0.05) is 29.8 Å². The third kappa shape index (κ3) is 3.82. The first kappa shape index (κ1) is 15.0. The first-order valence-corrected chi connectivity index (χ1v) is 7.50. The summed E-state index contributed by atoms with van der Waals surface area (Å²) in [7, 11) is 0. The van der Waals surface area contributed by atoms with E-state index in [1.54, 1.807) is 23.9 Å². The van der Waals surface area contributed by atoms with E-state index in [9.17, 15) is 4.39 Å². The van der Waals surface area contributed by atoms with Crippen molar-refractivity contribution in [3.63, 3.8) is 0 Å². The van der Waals surface area contributed by atoms with Gasteiger partial charge in [0, 0.05) is 10.6 Å². The zero-order valence-electron chi connectivity index (χ0n) is 11.7. The summed E-state index contributed by atoms with van der Waals surface area (Å²) in [4.78, 5) is 0.913. The minimum Gasteiger partial charge on any atom is -0.271 e. The van der Waals surface area contributed by atoms with Crippen LogP contribution in [0.4, 0.5) is 4.39 Å². The molecule has 0 aromatic heterocycles. The number of halogens is 1. The summed E-state index contributed by atoms with van der Waals surface area (Å²) in [5, 5.41) is 0. The van der Waals surface area contributed by atoms with Gasteiger partial charge in [0.15, 0.2) is 0 Å². The summed E-state index contributed by atoms with van der Waals surface area (Å²) >= 11 is 1.59. The van der Waals surface area contributed by atoms with Gasteiger partial charge in [0.25, 0.3) is 0 Å². The highest BCUT2D eigenvalue weighted by molar-refractivity contribution is 7.99. The number of hydrogen-bond acceptors (Lipinski definition) is 3. The Morgan fingerprint density at radius 3 is 2.70 bits per heavy atom. The summed E-state index contributed by atoms with van der Waals surface area (Å²) in [6.45, 7) is 4.14. The van der Waals surface area contributed by atoms with Gasteiger partial charge in [-0.05, 0) is 43.2 Å². The number of nitrogens with two attached hydrogens (primary N) is 1. The van der Waals surface area contributed by atoms with Crippen molar-refractivity contribution in [3.05, 3.63) is 65.0 Å². The van der Waals surface area contributed by atoms with Crippen LogP contribution in [0, 0.1) is 19.7 Å². The number of benzene rings is 2. The Morgan fingerprint density at radius 2 is 2.00 bits per heavy atom. The normalized spacial score (nSPS) is 12.4. The van der Waals surface area contributed by atoms with Gasteiger partial charge in [-0.3, -0.25) is 11.3 Å². The molecule has 3 N–H and O–H groups in total. The number of hydrazine groups is 1. The van der Waals surface area contributed by atoms with Crippen LogP contribution in [0.25, 0.3) is 0 Å². The quantitative estimate of drug-likeness (QED) is 0.500. The third-order valence-electron chi connectivity index (χ3n) is 3.22. The first-order valence-electron chi connectivity index (χ1n) is 6.52. The highest BCUT2D eigenvalue weighted by Gasteiger charge is 2.13. The largest absolute Gasteiger partial charge is 0.271 e. The van der Waals surface area contributed by atoms with Gasteiger partial charge >= 0.3 is 0 Å². The second kappa shape index (κ2) is 6.88. The van der Waals surface area contributed by atoms with Crippen LogP contribution in [-0.4, -0.2) is 5.75 Å². The maximum Gasteiger partial charge on any atom is 0.124 e. The van der Waals surface area contributed by atoms with E-state index in [4.69, 9.17) is 5.84 Å². The van der Waals surface area contributed by atoms with Crippen LogP contribution in [0.3, 0.4) is 0 Å². The fraction of sp³-hybridized carbons (Fsp3) is 0.250. The van der Waals surface area contributed by atoms with Gasteiger partial charge in [0.2, 0.25) is 0 Å². The lowest BCUT2D eigenvalue weighted by Gasteiger charge is -2.19. The molecule has 0 bridgehead atoms.